The van der Waals surface area contributed by atoms with Gasteiger partial charge in [0, 0.05) is 44.8 Å². The third kappa shape index (κ3) is 4.50. The molecule has 3 rings (SSSR count). The van der Waals surface area contributed by atoms with Crippen molar-refractivity contribution in [2.45, 2.75) is 19.3 Å². The van der Waals surface area contributed by atoms with Crippen molar-refractivity contribution in [3.63, 3.8) is 0 Å². The lowest BCUT2D eigenvalue weighted by atomic mass is 9.92. The van der Waals surface area contributed by atoms with Gasteiger partial charge in [-0.3, -0.25) is 9.78 Å². The van der Waals surface area contributed by atoms with Gasteiger partial charge in [-0.05, 0) is 31.4 Å². The highest BCUT2D eigenvalue weighted by molar-refractivity contribution is 5.96. The van der Waals surface area contributed by atoms with E-state index in [1.54, 1.807) is 34.2 Å². The summed E-state index contributed by atoms with van der Waals surface area (Å²) >= 11 is 0. The van der Waals surface area contributed by atoms with E-state index in [-0.39, 0.29) is 23.8 Å². The molecule has 1 N–H and O–H groups in total. The van der Waals surface area contributed by atoms with Crippen LogP contribution in [-0.4, -0.2) is 72.0 Å². The molecule has 8 nitrogen and oxygen atoms in total. The third-order valence-corrected chi connectivity index (χ3v) is 4.71. The molecule has 140 valence electrons. The van der Waals surface area contributed by atoms with Crippen LogP contribution < -0.4 is 5.32 Å². The van der Waals surface area contributed by atoms with Crippen molar-refractivity contribution in [2.75, 3.05) is 39.3 Å². The van der Waals surface area contributed by atoms with E-state index in [2.05, 4.69) is 10.3 Å². The van der Waals surface area contributed by atoms with Gasteiger partial charge < -0.3 is 19.9 Å². The van der Waals surface area contributed by atoms with Gasteiger partial charge in [0.15, 0.2) is 5.78 Å². The van der Waals surface area contributed by atoms with Crippen LogP contribution >= 0.6 is 0 Å². The second-order valence-electron chi connectivity index (χ2n) is 6.55. The minimum Gasteiger partial charge on any atom is -0.449 e. The molecule has 3 heterocycles. The van der Waals surface area contributed by atoms with Crippen molar-refractivity contribution in [1.82, 2.24) is 20.1 Å². The summed E-state index contributed by atoms with van der Waals surface area (Å²) < 4.78 is 4.97. The van der Waals surface area contributed by atoms with Crippen LogP contribution in [0.2, 0.25) is 0 Å². The number of hydrogen-bond acceptors (Lipinski definition) is 5. The van der Waals surface area contributed by atoms with Crippen molar-refractivity contribution in [1.29, 1.82) is 0 Å². The van der Waals surface area contributed by atoms with Crippen molar-refractivity contribution in [2.24, 2.45) is 5.92 Å². The molecule has 0 bridgehead atoms. The molecule has 2 aliphatic rings. The van der Waals surface area contributed by atoms with Crippen molar-refractivity contribution in [3.05, 3.63) is 30.1 Å². The first-order valence-electron chi connectivity index (χ1n) is 9.05. The summed E-state index contributed by atoms with van der Waals surface area (Å²) in [5.74, 6) is -0.236. The van der Waals surface area contributed by atoms with Crippen LogP contribution in [0.1, 0.15) is 29.8 Å². The van der Waals surface area contributed by atoms with E-state index in [1.807, 2.05) is 0 Å². The molecular formula is C18H24N4O4. The van der Waals surface area contributed by atoms with Crippen molar-refractivity contribution < 1.29 is 19.1 Å². The zero-order valence-electron chi connectivity index (χ0n) is 14.7. The van der Waals surface area contributed by atoms with Gasteiger partial charge in [0.1, 0.15) is 5.69 Å². The molecule has 0 spiro atoms. The zero-order chi connectivity index (χ0) is 18.4. The molecule has 1 aromatic heterocycles. The number of piperidine rings is 1. The Morgan fingerprint density at radius 2 is 2.15 bits per heavy atom. The number of aromatic nitrogens is 1. The maximum Gasteiger partial charge on any atom is 0.409 e. The molecule has 2 fully saturated rings. The smallest absolute Gasteiger partial charge is 0.409 e. The van der Waals surface area contributed by atoms with Gasteiger partial charge in [0.05, 0.1) is 6.61 Å². The first kappa shape index (κ1) is 18.2. The van der Waals surface area contributed by atoms with Gasteiger partial charge in [-0.15, -0.1) is 0 Å². The lowest BCUT2D eigenvalue weighted by Crippen LogP contribution is -2.49. The first-order valence-corrected chi connectivity index (χ1v) is 9.05. The number of nitrogens with zero attached hydrogens (tertiary/aromatic N) is 3. The topological polar surface area (TPSA) is 91.8 Å². The monoisotopic (exact) mass is 360 g/mol. The predicted octanol–water partition coefficient (Wildman–Crippen LogP) is 1.53. The number of rotatable bonds is 5. The number of Topliss-reactive ketones (excluding diaryl/α,β-unsaturated/α-hetero) is 1. The SMILES string of the molecule is O=C(c1ccccn1)C1CCCN(C(=O)NCCN2CCCOC2=O)C1. The molecule has 0 aliphatic carbocycles. The number of ketones is 1. The second-order valence-corrected chi connectivity index (χ2v) is 6.55. The molecule has 1 unspecified atom stereocenters. The van der Waals surface area contributed by atoms with E-state index in [1.165, 1.54) is 0 Å². The summed E-state index contributed by atoms with van der Waals surface area (Å²) in [6, 6.07) is 5.07. The standard InChI is InChI=1S/C18H24N4O4/c23-16(15-6-1-2-7-19-15)14-5-3-9-22(13-14)17(24)20-8-11-21-10-4-12-26-18(21)25/h1-2,6-7,14H,3-5,8-13H2,(H,20,24). The van der Waals surface area contributed by atoms with Crippen LogP contribution in [0.5, 0.6) is 0 Å². The second kappa shape index (κ2) is 8.64. The Hall–Kier alpha value is -2.64. The molecule has 0 radical (unpaired) electrons. The van der Waals surface area contributed by atoms with Gasteiger partial charge in [-0.2, -0.15) is 0 Å². The molecule has 1 atom stereocenters. The fourth-order valence-electron chi connectivity index (χ4n) is 3.30. The van der Waals surface area contributed by atoms with Gasteiger partial charge in [-0.1, -0.05) is 6.07 Å². The molecule has 0 aromatic carbocycles. The number of amides is 3. The summed E-state index contributed by atoms with van der Waals surface area (Å²) in [4.78, 5) is 43.9. The van der Waals surface area contributed by atoms with Gasteiger partial charge >= 0.3 is 12.1 Å². The average molecular weight is 360 g/mol. The van der Waals surface area contributed by atoms with E-state index in [4.69, 9.17) is 4.74 Å². The van der Waals surface area contributed by atoms with Crippen LogP contribution in [0.4, 0.5) is 9.59 Å². The van der Waals surface area contributed by atoms with Crippen LogP contribution in [-0.2, 0) is 4.74 Å². The van der Waals surface area contributed by atoms with E-state index >= 15 is 0 Å². The largest absolute Gasteiger partial charge is 0.449 e. The number of cyclic esters (lactones) is 1. The maximum absolute atomic E-state index is 12.5. The highest BCUT2D eigenvalue weighted by Gasteiger charge is 2.29. The molecule has 1 aromatic rings. The minimum atomic E-state index is -0.329. The molecule has 2 aliphatic heterocycles. The fraction of sp³-hybridized carbons (Fsp3) is 0.556. The lowest BCUT2D eigenvalue weighted by molar-refractivity contribution is 0.0727. The fourth-order valence-corrected chi connectivity index (χ4v) is 3.30. The number of urea groups is 1. The number of likely N-dealkylation sites (tertiary alicyclic amines) is 1. The Bertz CT molecular complexity index is 652. The van der Waals surface area contributed by atoms with Crippen LogP contribution in [0.15, 0.2) is 24.4 Å². The number of ether oxygens (including phenoxy) is 1. The van der Waals surface area contributed by atoms with Crippen LogP contribution in [0.3, 0.4) is 0 Å². The quantitative estimate of drug-likeness (QED) is 0.804. The van der Waals surface area contributed by atoms with Gasteiger partial charge in [0.2, 0.25) is 0 Å². The Labute approximate surface area is 152 Å². The van der Waals surface area contributed by atoms with Crippen LogP contribution in [0.25, 0.3) is 0 Å². The normalized spacial score (nSPS) is 20.5. The number of carbonyl (C=O) groups excluding carboxylic acids is 3. The van der Waals surface area contributed by atoms with Crippen molar-refractivity contribution >= 4 is 17.9 Å². The molecule has 26 heavy (non-hydrogen) atoms. The number of nitrogens with one attached hydrogen (secondary N) is 1. The molecule has 8 heteroatoms. The van der Waals surface area contributed by atoms with E-state index in [0.717, 1.165) is 19.3 Å². The Morgan fingerprint density at radius 3 is 2.92 bits per heavy atom. The molecule has 0 saturated carbocycles. The Kier molecular flexibility index (Phi) is 6.04. The van der Waals surface area contributed by atoms with Crippen LogP contribution in [0, 0.1) is 5.92 Å². The number of hydrogen-bond donors (Lipinski definition) is 1. The Balaban J connectivity index is 1.47. The van der Waals surface area contributed by atoms with E-state index < -0.39 is 0 Å². The van der Waals surface area contributed by atoms with E-state index in [9.17, 15) is 14.4 Å². The predicted molar refractivity (Wildman–Crippen MR) is 93.8 cm³/mol. The summed E-state index contributed by atoms with van der Waals surface area (Å²) in [7, 11) is 0. The van der Waals surface area contributed by atoms with Crippen molar-refractivity contribution in [3.8, 4) is 0 Å². The van der Waals surface area contributed by atoms with Gasteiger partial charge in [-0.25, -0.2) is 9.59 Å². The zero-order valence-corrected chi connectivity index (χ0v) is 14.7. The average Bonchev–Trinajstić information content (AvgIpc) is 2.69. The Morgan fingerprint density at radius 1 is 1.27 bits per heavy atom. The summed E-state index contributed by atoms with van der Waals surface area (Å²) in [6.07, 6.45) is 3.63. The summed E-state index contributed by atoms with van der Waals surface area (Å²) in [6.45, 7) is 2.93. The number of carbonyl (C=O) groups is 3. The summed E-state index contributed by atoms with van der Waals surface area (Å²) in [5, 5.41) is 2.83. The highest BCUT2D eigenvalue weighted by atomic mass is 16.6. The lowest BCUT2D eigenvalue weighted by Gasteiger charge is -2.32. The first-order chi connectivity index (χ1) is 12.6. The van der Waals surface area contributed by atoms with E-state index in [0.29, 0.717) is 45.0 Å². The molecule has 2 saturated heterocycles. The van der Waals surface area contributed by atoms with Gasteiger partial charge in [0.25, 0.3) is 0 Å². The summed E-state index contributed by atoms with van der Waals surface area (Å²) in [5.41, 5.74) is 0.448. The highest BCUT2D eigenvalue weighted by Crippen LogP contribution is 2.20. The molecular weight excluding hydrogens is 336 g/mol. The maximum atomic E-state index is 12.5. The molecule has 3 amide bonds. The number of pyridine rings is 1. The third-order valence-electron chi connectivity index (χ3n) is 4.71. The minimum absolute atomic E-state index is 0.0147.